The summed E-state index contributed by atoms with van der Waals surface area (Å²) in [4.78, 5) is 13.2. The minimum atomic E-state index is -0.543. The van der Waals surface area contributed by atoms with Crippen molar-refractivity contribution < 1.29 is 29.2 Å². The van der Waals surface area contributed by atoms with E-state index in [1.807, 2.05) is 6.92 Å². The summed E-state index contributed by atoms with van der Waals surface area (Å²) in [6, 6.07) is 4.03. The van der Waals surface area contributed by atoms with Gasteiger partial charge in [-0.1, -0.05) is 6.58 Å². The number of aryl methyl sites for hydroxylation is 1. The number of ether oxygens (including phenoxy) is 2. The van der Waals surface area contributed by atoms with Gasteiger partial charge in [-0.25, -0.2) is 0 Å². The Morgan fingerprint density at radius 3 is 2.59 bits per heavy atom. The highest BCUT2D eigenvalue weighted by molar-refractivity contribution is 5.93. The van der Waals surface area contributed by atoms with Crippen molar-refractivity contribution in [2.75, 3.05) is 7.11 Å². The van der Waals surface area contributed by atoms with Gasteiger partial charge in [-0.2, -0.15) is 0 Å². The molecule has 0 aliphatic carbocycles. The Morgan fingerprint density at radius 1 is 1.24 bits per heavy atom. The minimum Gasteiger partial charge on any atom is -0.507 e. The fourth-order valence-corrected chi connectivity index (χ4v) is 3.62. The molecule has 2 aromatic carbocycles. The van der Waals surface area contributed by atoms with E-state index in [4.69, 9.17) is 13.9 Å². The number of benzene rings is 2. The molecule has 1 aliphatic rings. The maximum absolute atomic E-state index is 13.2. The van der Waals surface area contributed by atoms with E-state index < -0.39 is 5.43 Å². The molecule has 0 bridgehead atoms. The molecule has 7 nitrogen and oxygen atoms in total. The van der Waals surface area contributed by atoms with E-state index in [9.17, 15) is 20.1 Å². The summed E-state index contributed by atoms with van der Waals surface area (Å²) in [7, 11) is 1.32. The summed E-state index contributed by atoms with van der Waals surface area (Å²) in [5.41, 5.74) is 1.86. The van der Waals surface area contributed by atoms with Crippen molar-refractivity contribution >= 4 is 11.0 Å². The Bertz CT molecular complexity index is 1240. The molecule has 0 amide bonds. The molecule has 0 spiro atoms. The number of phenolic OH excluding ortho intramolecular Hbond substituents is 3. The largest absolute Gasteiger partial charge is 0.507 e. The van der Waals surface area contributed by atoms with Crippen LogP contribution in [0.15, 0.2) is 39.6 Å². The van der Waals surface area contributed by atoms with Crippen LogP contribution in [0.3, 0.4) is 0 Å². The molecule has 0 radical (unpaired) electrons. The molecule has 4 rings (SSSR count). The summed E-state index contributed by atoms with van der Waals surface area (Å²) in [6.07, 6.45) is 0.111. The zero-order chi connectivity index (χ0) is 21.0. The third kappa shape index (κ3) is 2.69. The van der Waals surface area contributed by atoms with Gasteiger partial charge in [-0.15, -0.1) is 0 Å². The van der Waals surface area contributed by atoms with E-state index >= 15 is 0 Å². The first-order valence-corrected chi connectivity index (χ1v) is 8.98. The number of fused-ring (bicyclic) bond motifs is 2. The van der Waals surface area contributed by atoms with Gasteiger partial charge in [0.05, 0.1) is 7.11 Å². The lowest BCUT2D eigenvalue weighted by Crippen LogP contribution is -2.13. The Kier molecular flexibility index (Phi) is 4.19. The fraction of sp³-hybridized carbons (Fsp3) is 0.227. The van der Waals surface area contributed by atoms with Crippen molar-refractivity contribution in [3.63, 3.8) is 0 Å². The second-order valence-corrected chi connectivity index (χ2v) is 7.14. The van der Waals surface area contributed by atoms with Crippen LogP contribution in [0.25, 0.3) is 22.3 Å². The van der Waals surface area contributed by atoms with E-state index in [-0.39, 0.29) is 45.8 Å². The van der Waals surface area contributed by atoms with Crippen LogP contribution in [0.2, 0.25) is 0 Å². The van der Waals surface area contributed by atoms with Gasteiger partial charge in [0.2, 0.25) is 11.2 Å². The smallest absolute Gasteiger partial charge is 0.239 e. The lowest BCUT2D eigenvalue weighted by atomic mass is 9.99. The maximum atomic E-state index is 13.2. The number of rotatable bonds is 3. The predicted molar refractivity (Wildman–Crippen MR) is 107 cm³/mol. The van der Waals surface area contributed by atoms with Crippen LogP contribution in [0.5, 0.6) is 28.7 Å². The Balaban J connectivity index is 2.06. The van der Waals surface area contributed by atoms with Gasteiger partial charge >= 0.3 is 0 Å². The predicted octanol–water partition coefficient (Wildman–Crippen LogP) is 3.77. The van der Waals surface area contributed by atoms with Gasteiger partial charge in [0.25, 0.3) is 0 Å². The van der Waals surface area contributed by atoms with Crippen LogP contribution < -0.4 is 14.9 Å². The van der Waals surface area contributed by atoms with Gasteiger partial charge < -0.3 is 29.2 Å². The van der Waals surface area contributed by atoms with Crippen LogP contribution >= 0.6 is 0 Å². The molecule has 0 fully saturated rings. The van der Waals surface area contributed by atoms with Gasteiger partial charge in [0.1, 0.15) is 28.6 Å². The summed E-state index contributed by atoms with van der Waals surface area (Å²) in [5, 5.41) is 30.3. The van der Waals surface area contributed by atoms with Crippen LogP contribution in [0.1, 0.15) is 18.1 Å². The third-order valence-electron chi connectivity index (χ3n) is 5.19. The first-order valence-electron chi connectivity index (χ1n) is 8.98. The van der Waals surface area contributed by atoms with Crippen molar-refractivity contribution in [2.24, 2.45) is 0 Å². The number of hydrogen-bond donors (Lipinski definition) is 3. The number of methoxy groups -OCH3 is 1. The highest BCUT2D eigenvalue weighted by Gasteiger charge is 2.33. The zero-order valence-corrected chi connectivity index (χ0v) is 16.2. The van der Waals surface area contributed by atoms with Gasteiger partial charge in [-0.05, 0) is 37.6 Å². The highest BCUT2D eigenvalue weighted by Crippen LogP contribution is 2.46. The average molecular weight is 396 g/mol. The maximum Gasteiger partial charge on any atom is 0.239 e. The Labute approximate surface area is 166 Å². The molecule has 7 heteroatoms. The van der Waals surface area contributed by atoms with Gasteiger partial charge in [0, 0.05) is 23.1 Å². The first kappa shape index (κ1) is 18.7. The van der Waals surface area contributed by atoms with Gasteiger partial charge in [0.15, 0.2) is 17.3 Å². The molecule has 150 valence electrons. The number of hydrogen-bond acceptors (Lipinski definition) is 7. The van der Waals surface area contributed by atoms with Crippen LogP contribution in [0.4, 0.5) is 0 Å². The summed E-state index contributed by atoms with van der Waals surface area (Å²) in [5.74, 6) is -0.452. The number of aromatic hydroxyl groups is 3. The summed E-state index contributed by atoms with van der Waals surface area (Å²) < 4.78 is 17.2. The topological polar surface area (TPSA) is 109 Å². The Morgan fingerprint density at radius 2 is 1.97 bits per heavy atom. The third-order valence-corrected chi connectivity index (χ3v) is 5.19. The Hall–Kier alpha value is -3.61. The molecular weight excluding hydrogens is 376 g/mol. The summed E-state index contributed by atoms with van der Waals surface area (Å²) in [6.45, 7) is 7.49. The molecule has 0 unspecified atom stereocenters. The van der Waals surface area contributed by atoms with E-state index in [0.717, 1.165) is 5.57 Å². The molecule has 0 saturated carbocycles. The molecule has 29 heavy (non-hydrogen) atoms. The lowest BCUT2D eigenvalue weighted by Gasteiger charge is -2.14. The fourth-order valence-electron chi connectivity index (χ4n) is 3.62. The quantitative estimate of drug-likeness (QED) is 0.457. The molecule has 2 heterocycles. The lowest BCUT2D eigenvalue weighted by molar-refractivity contribution is 0.269. The molecule has 1 aromatic heterocycles. The second kappa shape index (κ2) is 6.48. The van der Waals surface area contributed by atoms with Crippen LogP contribution in [0, 0.1) is 6.92 Å². The highest BCUT2D eigenvalue weighted by atomic mass is 16.5. The molecule has 3 N–H and O–H groups in total. The zero-order valence-electron chi connectivity index (χ0n) is 16.2. The number of phenols is 3. The molecule has 0 saturated heterocycles. The summed E-state index contributed by atoms with van der Waals surface area (Å²) >= 11 is 0. The standard InChI is InChI=1S/C22H20O7/c1-9(2)15-8-12-17(25)16-18(26)22(27-4)21(11-5-6-13(23)14(24)7-11)29-20(16)10(3)19(12)28-15/h5-7,15,23-25H,1,8H2,2-4H3/t15-/m0/s1. The molecule has 3 aromatic rings. The van der Waals surface area contributed by atoms with Crippen molar-refractivity contribution in [3.8, 4) is 40.1 Å². The average Bonchev–Trinajstić information content (AvgIpc) is 3.14. The van der Waals surface area contributed by atoms with Crippen molar-refractivity contribution in [1.29, 1.82) is 0 Å². The SMILES string of the molecule is C=C(C)[C@@H]1Cc2c(c(C)c3oc(-c4ccc(O)c(O)c4)c(OC)c(=O)c3c2O)O1. The molecule has 1 atom stereocenters. The van der Waals surface area contributed by atoms with Crippen molar-refractivity contribution in [3.05, 3.63) is 51.7 Å². The molecule has 1 aliphatic heterocycles. The first-order chi connectivity index (χ1) is 13.7. The minimum absolute atomic E-state index is 0.0100. The monoisotopic (exact) mass is 396 g/mol. The van der Waals surface area contributed by atoms with Crippen LogP contribution in [-0.4, -0.2) is 28.5 Å². The van der Waals surface area contributed by atoms with Crippen LogP contribution in [-0.2, 0) is 6.42 Å². The van der Waals surface area contributed by atoms with E-state index in [0.29, 0.717) is 28.9 Å². The van der Waals surface area contributed by atoms with Crippen molar-refractivity contribution in [2.45, 2.75) is 26.4 Å². The van der Waals surface area contributed by atoms with Gasteiger partial charge in [-0.3, -0.25) is 4.79 Å². The molecular formula is C22H20O7. The normalized spacial score (nSPS) is 15.2. The van der Waals surface area contributed by atoms with E-state index in [2.05, 4.69) is 6.58 Å². The van der Waals surface area contributed by atoms with Crippen molar-refractivity contribution in [1.82, 2.24) is 0 Å². The second-order valence-electron chi connectivity index (χ2n) is 7.14. The van der Waals surface area contributed by atoms with E-state index in [1.54, 1.807) is 6.92 Å². The van der Waals surface area contributed by atoms with E-state index in [1.165, 1.54) is 25.3 Å².